The first kappa shape index (κ1) is 25.1. The van der Waals surface area contributed by atoms with Gasteiger partial charge in [-0.15, -0.1) is 0 Å². The second-order valence-electron chi connectivity index (χ2n) is 7.51. The first-order chi connectivity index (χ1) is 16.6. The zero-order valence-electron chi connectivity index (χ0n) is 18.0. The molecule has 0 aliphatic heterocycles. The summed E-state index contributed by atoms with van der Waals surface area (Å²) in [5.74, 6) is -3.39. The fraction of sp³-hybridized carbons (Fsp3) is 0.0417. The van der Waals surface area contributed by atoms with Crippen LogP contribution in [0.4, 0.5) is 15.8 Å². The summed E-state index contributed by atoms with van der Waals surface area (Å²) in [5.41, 5.74) is 4.35. The normalized spacial score (nSPS) is 10.8. The molecule has 3 amide bonds. The third-order valence-electron chi connectivity index (χ3n) is 5.01. The molecule has 0 bridgehead atoms. The van der Waals surface area contributed by atoms with E-state index in [-0.39, 0.29) is 11.4 Å². The number of rotatable bonds is 4. The minimum absolute atomic E-state index is 0.0923. The number of anilines is 2. The lowest BCUT2D eigenvalue weighted by atomic mass is 10.2. The minimum Gasteiger partial charge on any atom is -0.321 e. The maximum Gasteiger partial charge on any atom is 0.328 e. The third-order valence-corrected chi connectivity index (χ3v) is 6.89. The van der Waals surface area contributed by atoms with Crippen LogP contribution in [-0.4, -0.2) is 22.4 Å². The Bertz CT molecular complexity index is 1500. The predicted molar refractivity (Wildman–Crippen MR) is 144 cm³/mol. The van der Waals surface area contributed by atoms with E-state index in [2.05, 4.69) is 63.8 Å². The van der Waals surface area contributed by atoms with Crippen LogP contribution in [0.2, 0.25) is 0 Å². The second kappa shape index (κ2) is 10.3. The Morgan fingerprint density at radius 1 is 0.829 bits per heavy atom. The molecular formula is C24H16Br3FN4O3. The van der Waals surface area contributed by atoms with E-state index in [1.165, 1.54) is 16.8 Å². The molecule has 0 aliphatic rings. The van der Waals surface area contributed by atoms with Gasteiger partial charge in [0, 0.05) is 24.5 Å². The van der Waals surface area contributed by atoms with Crippen LogP contribution in [0.3, 0.4) is 0 Å². The van der Waals surface area contributed by atoms with E-state index < -0.39 is 23.5 Å². The zero-order chi connectivity index (χ0) is 25.3. The number of hydrogen-bond acceptors (Lipinski definition) is 3. The first-order valence-electron chi connectivity index (χ1n) is 10.1. The van der Waals surface area contributed by atoms with Crippen LogP contribution in [0.15, 0.2) is 74.1 Å². The van der Waals surface area contributed by atoms with Crippen molar-refractivity contribution in [1.82, 2.24) is 4.68 Å². The van der Waals surface area contributed by atoms with Crippen molar-refractivity contribution in [2.24, 2.45) is 0 Å². The molecule has 4 aromatic rings. The number of aryl methyl sites for hydroxylation is 1. The van der Waals surface area contributed by atoms with E-state index >= 15 is 0 Å². The lowest BCUT2D eigenvalue weighted by Gasteiger charge is -2.13. The van der Waals surface area contributed by atoms with Crippen molar-refractivity contribution >= 4 is 87.8 Å². The Labute approximate surface area is 224 Å². The summed E-state index contributed by atoms with van der Waals surface area (Å²) in [7, 11) is 0. The Morgan fingerprint density at radius 2 is 1.54 bits per heavy atom. The zero-order valence-corrected chi connectivity index (χ0v) is 22.7. The van der Waals surface area contributed by atoms with Gasteiger partial charge in [0.05, 0.1) is 11.2 Å². The molecule has 4 rings (SSSR count). The van der Waals surface area contributed by atoms with Gasteiger partial charge in [-0.05, 0) is 73.2 Å². The van der Waals surface area contributed by atoms with E-state index in [0.717, 1.165) is 20.6 Å². The quantitative estimate of drug-likeness (QED) is 0.222. The Hall–Kier alpha value is -3.02. The van der Waals surface area contributed by atoms with Crippen LogP contribution < -0.4 is 16.1 Å². The lowest BCUT2D eigenvalue weighted by molar-refractivity contribution is -0.133. The summed E-state index contributed by atoms with van der Waals surface area (Å²) in [5, 5.41) is 5.68. The molecule has 0 spiro atoms. The fourth-order valence-corrected chi connectivity index (χ4v) is 4.27. The number of nitrogens with zero attached hydrogens (tertiary/aromatic N) is 1. The van der Waals surface area contributed by atoms with Crippen molar-refractivity contribution in [2.75, 3.05) is 16.1 Å². The second-order valence-corrected chi connectivity index (χ2v) is 10.2. The highest BCUT2D eigenvalue weighted by atomic mass is 79.9. The van der Waals surface area contributed by atoms with Crippen LogP contribution >= 0.6 is 47.8 Å². The lowest BCUT2D eigenvalue weighted by Crippen LogP contribution is -2.36. The van der Waals surface area contributed by atoms with Crippen molar-refractivity contribution in [3.05, 3.63) is 91.2 Å². The van der Waals surface area contributed by atoms with Gasteiger partial charge in [0.15, 0.2) is 0 Å². The van der Waals surface area contributed by atoms with Crippen LogP contribution in [0, 0.1) is 12.7 Å². The summed E-state index contributed by atoms with van der Waals surface area (Å²) >= 11 is 9.95. The van der Waals surface area contributed by atoms with Crippen LogP contribution in [0.5, 0.6) is 0 Å². The Morgan fingerprint density at radius 3 is 2.26 bits per heavy atom. The molecule has 3 aromatic carbocycles. The van der Waals surface area contributed by atoms with Gasteiger partial charge in [0.1, 0.15) is 11.5 Å². The third kappa shape index (κ3) is 5.63. The number of nitrogens with one attached hydrogen (secondary N) is 3. The molecule has 1 heterocycles. The van der Waals surface area contributed by atoms with Crippen LogP contribution in [0.1, 0.15) is 16.1 Å². The number of fused-ring (bicyclic) bond motifs is 1. The largest absolute Gasteiger partial charge is 0.328 e. The molecule has 0 saturated heterocycles. The predicted octanol–water partition coefficient (Wildman–Crippen LogP) is 6.34. The van der Waals surface area contributed by atoms with Crippen molar-refractivity contribution in [3.8, 4) is 0 Å². The summed E-state index contributed by atoms with van der Waals surface area (Å²) in [6, 6.07) is 16.1. The number of hydrogen-bond donors (Lipinski definition) is 3. The number of carbonyl (C=O) groups is 3. The van der Waals surface area contributed by atoms with Gasteiger partial charge < -0.3 is 10.6 Å². The number of carbonyl (C=O) groups excluding carboxylic acids is 3. The maximum atomic E-state index is 14.1. The van der Waals surface area contributed by atoms with E-state index in [4.69, 9.17) is 0 Å². The van der Waals surface area contributed by atoms with Crippen LogP contribution in [-0.2, 0) is 9.59 Å². The molecule has 0 fully saturated rings. The molecular weight excluding hydrogens is 651 g/mol. The van der Waals surface area contributed by atoms with E-state index in [1.807, 2.05) is 13.0 Å². The average Bonchev–Trinajstić information content (AvgIpc) is 3.15. The van der Waals surface area contributed by atoms with Gasteiger partial charge in [-0.2, -0.15) is 0 Å². The molecule has 3 N–H and O–H groups in total. The summed E-state index contributed by atoms with van der Waals surface area (Å²) in [6.45, 7) is 1.89. The fourth-order valence-electron chi connectivity index (χ4n) is 3.31. The molecule has 11 heteroatoms. The van der Waals surface area contributed by atoms with Crippen molar-refractivity contribution in [3.63, 3.8) is 0 Å². The van der Waals surface area contributed by atoms with E-state index in [9.17, 15) is 18.8 Å². The average molecular weight is 667 g/mol. The SMILES string of the molecule is Cc1cc(NC(=O)c2cc3cc(Br)ccc3n2NC(=O)C(=O)Nc2ccc(Br)cc2F)ccc1Br. The summed E-state index contributed by atoms with van der Waals surface area (Å²) in [6.07, 6.45) is 0. The van der Waals surface area contributed by atoms with Crippen molar-refractivity contribution in [1.29, 1.82) is 0 Å². The standard InChI is InChI=1S/C24H16Br3FN4O3/c1-12-8-16(4-5-17(12)27)29-22(33)21-10-13-9-14(25)3-7-20(13)32(21)31-24(35)23(34)30-19-6-2-15(26)11-18(19)28/h2-11H,1H3,(H,29,33)(H,30,34)(H,31,35). The van der Waals surface area contributed by atoms with Crippen LogP contribution in [0.25, 0.3) is 10.9 Å². The molecule has 0 atom stereocenters. The molecule has 1 aromatic heterocycles. The van der Waals surface area contributed by atoms with Crippen molar-refractivity contribution in [2.45, 2.75) is 6.92 Å². The highest BCUT2D eigenvalue weighted by Gasteiger charge is 2.22. The smallest absolute Gasteiger partial charge is 0.321 e. The Kier molecular flexibility index (Phi) is 7.39. The number of benzene rings is 3. The molecule has 0 unspecified atom stereocenters. The maximum absolute atomic E-state index is 14.1. The van der Waals surface area contributed by atoms with E-state index in [0.29, 0.717) is 21.1 Å². The van der Waals surface area contributed by atoms with E-state index in [1.54, 1.807) is 36.4 Å². The van der Waals surface area contributed by atoms with Gasteiger partial charge in [-0.25, -0.2) is 9.07 Å². The molecule has 0 saturated carbocycles. The van der Waals surface area contributed by atoms with Gasteiger partial charge in [0.25, 0.3) is 5.91 Å². The van der Waals surface area contributed by atoms with Crippen molar-refractivity contribution < 1.29 is 18.8 Å². The van der Waals surface area contributed by atoms with Gasteiger partial charge in [0.2, 0.25) is 0 Å². The summed E-state index contributed by atoms with van der Waals surface area (Å²) in [4.78, 5) is 38.3. The monoisotopic (exact) mass is 664 g/mol. The number of amides is 3. The highest BCUT2D eigenvalue weighted by Crippen LogP contribution is 2.25. The topological polar surface area (TPSA) is 92.2 Å². The highest BCUT2D eigenvalue weighted by molar-refractivity contribution is 9.11. The first-order valence-corrected chi connectivity index (χ1v) is 12.5. The van der Waals surface area contributed by atoms with Gasteiger partial charge in [-0.1, -0.05) is 47.8 Å². The molecule has 0 aliphatic carbocycles. The number of aromatic nitrogens is 1. The summed E-state index contributed by atoms with van der Waals surface area (Å²) < 4.78 is 17.5. The number of halogens is 4. The molecule has 178 valence electrons. The minimum atomic E-state index is -1.10. The van der Waals surface area contributed by atoms with Gasteiger partial charge in [-0.3, -0.25) is 19.8 Å². The Balaban J connectivity index is 1.63. The molecule has 0 radical (unpaired) electrons. The molecule has 7 nitrogen and oxygen atoms in total. The van der Waals surface area contributed by atoms with Gasteiger partial charge >= 0.3 is 11.8 Å². The molecule has 35 heavy (non-hydrogen) atoms.